The number of hydrogen-bond acceptors (Lipinski definition) is 5. The van der Waals surface area contributed by atoms with Gasteiger partial charge in [0.2, 0.25) is 0 Å². The molecule has 202 valence electrons. The minimum Gasteiger partial charge on any atom is -0.349 e. The summed E-state index contributed by atoms with van der Waals surface area (Å²) in [5.74, 6) is 1.19. The molecule has 2 amide bonds. The molecule has 8 heteroatoms. The summed E-state index contributed by atoms with van der Waals surface area (Å²) < 4.78 is 1.15. The summed E-state index contributed by atoms with van der Waals surface area (Å²) in [5.41, 5.74) is 1.56. The lowest BCUT2D eigenvalue weighted by Crippen LogP contribution is -2.51. The topological polar surface area (TPSA) is 104 Å². The Morgan fingerprint density at radius 2 is 1.84 bits per heavy atom. The Hall–Kier alpha value is -3.21. The van der Waals surface area contributed by atoms with Gasteiger partial charge in [-0.1, -0.05) is 63.9 Å². The van der Waals surface area contributed by atoms with Crippen molar-refractivity contribution in [1.29, 1.82) is 5.26 Å². The quantitative estimate of drug-likeness (QED) is 0.569. The van der Waals surface area contributed by atoms with E-state index in [0.29, 0.717) is 35.4 Å². The van der Waals surface area contributed by atoms with E-state index in [-0.39, 0.29) is 40.8 Å². The molecule has 38 heavy (non-hydrogen) atoms. The molecule has 1 aromatic heterocycles. The highest BCUT2D eigenvalue weighted by Gasteiger charge is 2.40. The Morgan fingerprint density at radius 1 is 1.11 bits per heavy atom. The van der Waals surface area contributed by atoms with Crippen molar-refractivity contribution in [2.75, 3.05) is 6.54 Å². The van der Waals surface area contributed by atoms with Gasteiger partial charge in [-0.15, -0.1) is 5.10 Å². The molecule has 3 fully saturated rings. The van der Waals surface area contributed by atoms with Crippen LogP contribution in [0, 0.1) is 34.5 Å². The largest absolute Gasteiger partial charge is 0.349 e. The number of nitrogens with zero attached hydrogens (tertiary/aromatic N) is 5. The smallest absolute Gasteiger partial charge is 0.347 e. The van der Waals surface area contributed by atoms with Crippen molar-refractivity contribution in [2.24, 2.45) is 23.2 Å². The van der Waals surface area contributed by atoms with Crippen molar-refractivity contribution >= 4 is 11.9 Å². The monoisotopic (exact) mass is 516 g/mol. The molecule has 2 heterocycles. The second kappa shape index (κ2) is 10.5. The molecule has 5 atom stereocenters. The number of fused-ring (bicyclic) bond motifs is 1. The van der Waals surface area contributed by atoms with Crippen LogP contribution in [0.15, 0.2) is 24.3 Å². The highest BCUT2D eigenvalue weighted by molar-refractivity contribution is 6.01. The maximum absolute atomic E-state index is 13.6. The number of likely N-dealkylation sites (tertiary alicyclic amines) is 1. The van der Waals surface area contributed by atoms with E-state index in [1.165, 1.54) is 6.42 Å². The molecule has 0 bridgehead atoms. The van der Waals surface area contributed by atoms with E-state index in [1.807, 2.05) is 17.0 Å². The number of hydrogen-bond donors (Lipinski definition) is 1. The van der Waals surface area contributed by atoms with E-state index in [0.717, 1.165) is 49.6 Å². The number of piperidine rings is 1. The number of carbonyl (C=O) groups is 2. The van der Waals surface area contributed by atoms with Crippen LogP contribution in [0.3, 0.4) is 0 Å². The molecule has 8 nitrogen and oxygen atoms in total. The summed E-state index contributed by atoms with van der Waals surface area (Å²) >= 11 is 0. The van der Waals surface area contributed by atoms with Crippen LogP contribution in [0.2, 0.25) is 0 Å². The Bertz CT molecular complexity index is 1240. The van der Waals surface area contributed by atoms with Crippen molar-refractivity contribution in [2.45, 2.75) is 91.1 Å². The second-order valence-electron chi connectivity index (χ2n) is 12.5. The zero-order chi connectivity index (χ0) is 27.0. The van der Waals surface area contributed by atoms with E-state index < -0.39 is 0 Å². The molecule has 3 aliphatic rings. The molecular formula is C30H40N6O2. The standard InChI is InChI=1S/C30H40N6O2/c1-19-17-30(3,4)20(2)16-24(19)32-28(37)23-13-7-6-12-22(23)27-26(18-31)36(34-33-27)29(38)35-15-9-11-21-10-5-8-14-25(21)35/h6-7,12-13,19-21,24-25H,5,8-11,14-17H2,1-4H3,(H,32,37)/t19-,20-,21?,24?,25?/m1/s1. The first-order valence-corrected chi connectivity index (χ1v) is 14.3. The number of amides is 2. The molecular weight excluding hydrogens is 476 g/mol. The van der Waals surface area contributed by atoms with Crippen LogP contribution in [-0.2, 0) is 0 Å². The number of nitriles is 1. The molecule has 1 saturated heterocycles. The van der Waals surface area contributed by atoms with Gasteiger partial charge in [0.15, 0.2) is 5.69 Å². The lowest BCUT2D eigenvalue weighted by atomic mass is 9.64. The highest BCUT2D eigenvalue weighted by Crippen LogP contribution is 2.43. The highest BCUT2D eigenvalue weighted by atomic mass is 16.2. The van der Waals surface area contributed by atoms with E-state index in [4.69, 9.17) is 0 Å². The second-order valence-corrected chi connectivity index (χ2v) is 12.5. The molecule has 5 rings (SSSR count). The first-order valence-electron chi connectivity index (χ1n) is 14.3. The summed E-state index contributed by atoms with van der Waals surface area (Å²) in [6.07, 6.45) is 8.59. The van der Waals surface area contributed by atoms with Gasteiger partial charge in [-0.25, -0.2) is 4.79 Å². The fourth-order valence-corrected chi connectivity index (χ4v) is 7.12. The van der Waals surface area contributed by atoms with E-state index in [1.54, 1.807) is 12.1 Å². The number of aromatic nitrogens is 3. The van der Waals surface area contributed by atoms with Crippen LogP contribution in [0.1, 0.15) is 95.1 Å². The van der Waals surface area contributed by atoms with Gasteiger partial charge in [0.1, 0.15) is 11.8 Å². The first kappa shape index (κ1) is 26.4. The lowest BCUT2D eigenvalue weighted by molar-refractivity contribution is 0.0694. The molecule has 0 spiro atoms. The Balaban J connectivity index is 1.41. The van der Waals surface area contributed by atoms with Gasteiger partial charge in [-0.05, 0) is 67.8 Å². The molecule has 1 aliphatic heterocycles. The van der Waals surface area contributed by atoms with Crippen molar-refractivity contribution in [3.05, 3.63) is 35.5 Å². The number of nitrogens with one attached hydrogen (secondary N) is 1. The fourth-order valence-electron chi connectivity index (χ4n) is 7.12. The van der Waals surface area contributed by atoms with Crippen molar-refractivity contribution in [1.82, 2.24) is 25.2 Å². The van der Waals surface area contributed by atoms with Crippen LogP contribution in [0.4, 0.5) is 4.79 Å². The lowest BCUT2D eigenvalue weighted by Gasteiger charge is -2.44. The maximum atomic E-state index is 13.6. The van der Waals surface area contributed by atoms with Gasteiger partial charge in [-0.2, -0.15) is 9.94 Å². The summed E-state index contributed by atoms with van der Waals surface area (Å²) in [7, 11) is 0. The predicted octanol–water partition coefficient (Wildman–Crippen LogP) is 5.63. The van der Waals surface area contributed by atoms with E-state index in [9.17, 15) is 14.9 Å². The molecule has 2 saturated carbocycles. The van der Waals surface area contributed by atoms with Gasteiger partial charge >= 0.3 is 6.03 Å². The van der Waals surface area contributed by atoms with E-state index in [2.05, 4.69) is 49.4 Å². The fraction of sp³-hybridized carbons (Fsp3) is 0.633. The van der Waals surface area contributed by atoms with Gasteiger partial charge in [0.25, 0.3) is 5.91 Å². The molecule has 0 radical (unpaired) electrons. The maximum Gasteiger partial charge on any atom is 0.347 e. The van der Waals surface area contributed by atoms with Gasteiger partial charge < -0.3 is 10.2 Å². The van der Waals surface area contributed by atoms with Gasteiger partial charge in [0.05, 0.1) is 0 Å². The third-order valence-corrected chi connectivity index (χ3v) is 9.67. The zero-order valence-corrected chi connectivity index (χ0v) is 23.1. The summed E-state index contributed by atoms with van der Waals surface area (Å²) in [6, 6.07) is 9.32. The van der Waals surface area contributed by atoms with Crippen molar-refractivity contribution < 1.29 is 9.59 Å². The van der Waals surface area contributed by atoms with Crippen molar-refractivity contribution in [3.8, 4) is 17.3 Å². The summed E-state index contributed by atoms with van der Waals surface area (Å²) in [5, 5.41) is 21.8. The Labute approximate surface area is 225 Å². The molecule has 2 aliphatic carbocycles. The van der Waals surface area contributed by atoms with Crippen LogP contribution < -0.4 is 5.32 Å². The van der Waals surface area contributed by atoms with Gasteiger partial charge in [-0.3, -0.25) is 4.79 Å². The Kier molecular flexibility index (Phi) is 7.30. The van der Waals surface area contributed by atoms with Gasteiger partial charge in [0, 0.05) is 29.8 Å². The zero-order valence-electron chi connectivity index (χ0n) is 23.1. The normalized spacial score (nSPS) is 28.7. The minimum atomic E-state index is -0.286. The van der Waals surface area contributed by atoms with Crippen LogP contribution in [0.25, 0.3) is 11.3 Å². The molecule has 1 N–H and O–H groups in total. The third-order valence-electron chi connectivity index (χ3n) is 9.67. The summed E-state index contributed by atoms with van der Waals surface area (Å²) in [4.78, 5) is 29.1. The molecule has 1 aromatic carbocycles. The van der Waals surface area contributed by atoms with Crippen LogP contribution in [-0.4, -0.2) is 50.5 Å². The Morgan fingerprint density at radius 3 is 2.63 bits per heavy atom. The number of rotatable bonds is 3. The van der Waals surface area contributed by atoms with Crippen molar-refractivity contribution in [3.63, 3.8) is 0 Å². The molecule has 2 aromatic rings. The molecule has 3 unspecified atom stereocenters. The average Bonchev–Trinajstić information content (AvgIpc) is 3.35. The summed E-state index contributed by atoms with van der Waals surface area (Å²) in [6.45, 7) is 9.73. The number of carbonyl (C=O) groups excluding carboxylic acids is 2. The van der Waals surface area contributed by atoms with E-state index >= 15 is 0 Å². The third kappa shape index (κ3) is 4.83. The average molecular weight is 517 g/mol. The van der Waals surface area contributed by atoms with Crippen LogP contribution >= 0.6 is 0 Å². The minimum absolute atomic E-state index is 0.0776. The first-order chi connectivity index (χ1) is 18.2. The predicted molar refractivity (Wildman–Crippen MR) is 145 cm³/mol. The SMILES string of the molecule is C[C@@H]1CC(C)(C)[C@H](C)CC1NC(=O)c1ccccc1-c1nnn(C(=O)N2CCCC3CCCCC32)c1C#N. The van der Waals surface area contributed by atoms with Crippen LogP contribution in [0.5, 0.6) is 0 Å². The number of benzene rings is 1.